The maximum Gasteiger partial charge on any atom is 0.216 e. The van der Waals surface area contributed by atoms with Crippen molar-refractivity contribution in [1.82, 2.24) is 0 Å². The van der Waals surface area contributed by atoms with Crippen molar-refractivity contribution in [1.29, 1.82) is 0 Å². The molecule has 6 rings (SSSR count). The monoisotopic (exact) mass is 439 g/mol. The molecule has 0 unspecified atom stereocenters. The molecule has 0 aliphatic carbocycles. The molecule has 2 heterocycles. The molecule has 162 valence electrons. The van der Waals surface area contributed by atoms with Gasteiger partial charge in [0.25, 0.3) is 0 Å². The lowest BCUT2D eigenvalue weighted by Crippen LogP contribution is -2.30. The van der Waals surface area contributed by atoms with Crippen LogP contribution in [0, 0.1) is 20.4 Å². The van der Waals surface area contributed by atoms with Gasteiger partial charge in [-0.2, -0.15) is 0 Å². The Kier molecular flexibility index (Phi) is 4.50. The lowest BCUT2D eigenvalue weighted by atomic mass is 9.94. The van der Waals surface area contributed by atoms with Gasteiger partial charge in [-0.05, 0) is 53.4 Å². The molecule has 0 saturated heterocycles. The molecule has 0 fully saturated rings. The van der Waals surface area contributed by atoms with E-state index in [1.807, 2.05) is 31.4 Å². The molecule has 0 N–H and O–H groups in total. The summed E-state index contributed by atoms with van der Waals surface area (Å²) in [6.45, 7) is 12.1. The molecule has 34 heavy (non-hydrogen) atoms. The topological polar surface area (TPSA) is 21.4 Å². The van der Waals surface area contributed by atoms with Gasteiger partial charge in [0, 0.05) is 28.5 Å². The zero-order valence-electron chi connectivity index (χ0n) is 19.4. The Labute approximate surface area is 198 Å². The summed E-state index contributed by atoms with van der Waals surface area (Å²) in [5.74, 6) is 0. The van der Waals surface area contributed by atoms with Gasteiger partial charge in [0.2, 0.25) is 5.69 Å². The Morgan fingerprint density at radius 2 is 1.56 bits per heavy atom. The SMILES string of the molecule is [C-]#[N+]c1cc(C)c(-c2ccc3ccccc3c2)c2oc3c(-c4cccc[n+]4C)c(C)ccc3c12. The van der Waals surface area contributed by atoms with Gasteiger partial charge < -0.3 is 4.42 Å². The summed E-state index contributed by atoms with van der Waals surface area (Å²) in [5, 5.41) is 4.26. The number of hydrogen-bond acceptors (Lipinski definition) is 1. The number of pyridine rings is 1. The molecule has 3 nitrogen and oxygen atoms in total. The Hall–Kier alpha value is -4.42. The summed E-state index contributed by atoms with van der Waals surface area (Å²) in [5.41, 5.74) is 8.70. The van der Waals surface area contributed by atoms with E-state index in [1.54, 1.807) is 0 Å². The van der Waals surface area contributed by atoms with Gasteiger partial charge in [-0.25, -0.2) is 9.41 Å². The number of nitrogens with zero attached hydrogens (tertiary/aromatic N) is 2. The first-order valence-electron chi connectivity index (χ1n) is 11.4. The summed E-state index contributed by atoms with van der Waals surface area (Å²) in [6, 6.07) is 27.3. The van der Waals surface area contributed by atoms with Crippen LogP contribution in [-0.4, -0.2) is 0 Å². The average Bonchev–Trinajstić information content (AvgIpc) is 3.23. The van der Waals surface area contributed by atoms with Crippen LogP contribution in [-0.2, 0) is 7.05 Å². The van der Waals surface area contributed by atoms with Gasteiger partial charge >= 0.3 is 0 Å². The molecule has 0 amide bonds. The average molecular weight is 440 g/mol. The first-order chi connectivity index (χ1) is 16.6. The zero-order valence-corrected chi connectivity index (χ0v) is 19.4. The second-order valence-electron chi connectivity index (χ2n) is 8.90. The third-order valence-electron chi connectivity index (χ3n) is 6.77. The van der Waals surface area contributed by atoms with Crippen LogP contribution in [0.2, 0.25) is 0 Å². The molecule has 0 spiro atoms. The van der Waals surface area contributed by atoms with Crippen molar-refractivity contribution in [2.75, 3.05) is 0 Å². The number of furan rings is 1. The van der Waals surface area contributed by atoms with E-state index in [1.165, 1.54) is 10.8 Å². The Morgan fingerprint density at radius 1 is 0.765 bits per heavy atom. The van der Waals surface area contributed by atoms with Crippen molar-refractivity contribution in [2.45, 2.75) is 13.8 Å². The van der Waals surface area contributed by atoms with E-state index in [2.05, 4.69) is 83.9 Å². The predicted octanol–water partition coefficient (Wildman–Crippen LogP) is 8.07. The molecule has 0 aliphatic heterocycles. The second kappa shape index (κ2) is 7.57. The second-order valence-corrected chi connectivity index (χ2v) is 8.90. The summed E-state index contributed by atoms with van der Waals surface area (Å²) < 4.78 is 8.85. The molecule has 0 bridgehead atoms. The van der Waals surface area contributed by atoms with E-state index in [-0.39, 0.29) is 0 Å². The molecular weight excluding hydrogens is 416 g/mol. The Balaban J connectivity index is 1.76. The quantitative estimate of drug-likeness (QED) is 0.197. The van der Waals surface area contributed by atoms with Gasteiger partial charge in [0.1, 0.15) is 18.2 Å². The minimum atomic E-state index is 0.628. The maximum atomic E-state index is 7.89. The third-order valence-corrected chi connectivity index (χ3v) is 6.77. The van der Waals surface area contributed by atoms with Gasteiger partial charge in [-0.15, -0.1) is 0 Å². The molecule has 0 saturated carbocycles. The Bertz CT molecular complexity index is 1800. The van der Waals surface area contributed by atoms with Gasteiger partial charge in [0.05, 0.1) is 12.1 Å². The van der Waals surface area contributed by atoms with Crippen molar-refractivity contribution >= 4 is 38.4 Å². The summed E-state index contributed by atoms with van der Waals surface area (Å²) in [4.78, 5) is 3.89. The van der Waals surface area contributed by atoms with E-state index in [0.717, 1.165) is 55.4 Å². The van der Waals surface area contributed by atoms with Crippen LogP contribution in [0.25, 0.3) is 59.9 Å². The first kappa shape index (κ1) is 20.2. The molecular formula is C31H23N2O+. The largest absolute Gasteiger partial charge is 0.456 e. The fourth-order valence-corrected chi connectivity index (χ4v) is 5.11. The van der Waals surface area contributed by atoms with Crippen LogP contribution in [0.1, 0.15) is 11.1 Å². The molecule has 0 radical (unpaired) electrons. The van der Waals surface area contributed by atoms with Crippen LogP contribution in [0.15, 0.2) is 89.5 Å². The van der Waals surface area contributed by atoms with Crippen LogP contribution in [0.3, 0.4) is 0 Å². The highest BCUT2D eigenvalue weighted by molar-refractivity contribution is 6.19. The molecule has 6 aromatic rings. The predicted molar refractivity (Wildman–Crippen MR) is 139 cm³/mol. The number of aryl methyl sites for hydroxylation is 3. The number of fused-ring (bicyclic) bond motifs is 4. The van der Waals surface area contributed by atoms with Gasteiger partial charge in [0.15, 0.2) is 11.9 Å². The molecule has 4 aromatic carbocycles. The van der Waals surface area contributed by atoms with Gasteiger partial charge in [-0.3, -0.25) is 0 Å². The minimum Gasteiger partial charge on any atom is -0.456 e. The van der Waals surface area contributed by atoms with E-state index < -0.39 is 0 Å². The van der Waals surface area contributed by atoms with Crippen molar-refractivity contribution in [2.24, 2.45) is 7.05 Å². The van der Waals surface area contributed by atoms with Crippen LogP contribution >= 0.6 is 0 Å². The van der Waals surface area contributed by atoms with Gasteiger partial charge in [-0.1, -0.05) is 54.6 Å². The van der Waals surface area contributed by atoms with Crippen molar-refractivity contribution in [3.05, 3.63) is 108 Å². The van der Waals surface area contributed by atoms with E-state index in [4.69, 9.17) is 11.0 Å². The number of aromatic nitrogens is 1. The smallest absolute Gasteiger partial charge is 0.216 e. The van der Waals surface area contributed by atoms with E-state index in [9.17, 15) is 0 Å². The first-order valence-corrected chi connectivity index (χ1v) is 11.4. The molecule has 3 heteroatoms. The molecule has 0 atom stereocenters. The standard InChI is InChI=1S/C31H23N2O/c1-19-12-15-24-29-25(32-3)17-20(2)27(23-14-13-21-9-5-6-10-22(21)18-23)31(29)34-30(24)28(19)26-11-7-8-16-33(26)4/h5-18H,1-2,4H3/q+1. The number of hydrogen-bond donors (Lipinski definition) is 0. The normalized spacial score (nSPS) is 11.4. The van der Waals surface area contributed by atoms with Crippen LogP contribution < -0.4 is 4.57 Å². The highest BCUT2D eigenvalue weighted by Gasteiger charge is 2.24. The zero-order chi connectivity index (χ0) is 23.4. The summed E-state index contributed by atoms with van der Waals surface area (Å²) in [7, 11) is 2.05. The minimum absolute atomic E-state index is 0.628. The van der Waals surface area contributed by atoms with Crippen molar-refractivity contribution < 1.29 is 8.98 Å². The highest BCUT2D eigenvalue weighted by Crippen LogP contribution is 2.46. The van der Waals surface area contributed by atoms with E-state index >= 15 is 0 Å². The Morgan fingerprint density at radius 3 is 2.35 bits per heavy atom. The lowest BCUT2D eigenvalue weighted by molar-refractivity contribution is -0.660. The van der Waals surface area contributed by atoms with Crippen LogP contribution in [0.5, 0.6) is 0 Å². The van der Waals surface area contributed by atoms with Crippen molar-refractivity contribution in [3.63, 3.8) is 0 Å². The lowest BCUT2D eigenvalue weighted by Gasteiger charge is -2.10. The highest BCUT2D eigenvalue weighted by atomic mass is 16.3. The fourth-order valence-electron chi connectivity index (χ4n) is 5.11. The third kappa shape index (κ3) is 2.93. The van der Waals surface area contributed by atoms with E-state index in [0.29, 0.717) is 5.69 Å². The molecule has 2 aromatic heterocycles. The van der Waals surface area contributed by atoms with Crippen molar-refractivity contribution in [3.8, 4) is 22.4 Å². The summed E-state index contributed by atoms with van der Waals surface area (Å²) in [6.07, 6.45) is 2.05. The molecule has 0 aliphatic rings. The fraction of sp³-hybridized carbons (Fsp3) is 0.0968. The summed E-state index contributed by atoms with van der Waals surface area (Å²) >= 11 is 0. The number of benzene rings is 4. The maximum absolute atomic E-state index is 7.89. The van der Waals surface area contributed by atoms with Crippen LogP contribution in [0.4, 0.5) is 5.69 Å². The number of rotatable bonds is 2.